The molecule has 2 aromatic rings. The Labute approximate surface area is 145 Å². The summed E-state index contributed by atoms with van der Waals surface area (Å²) < 4.78 is 0. The van der Waals surface area contributed by atoms with Crippen LogP contribution in [0.5, 0.6) is 0 Å². The van der Waals surface area contributed by atoms with E-state index in [9.17, 15) is 19.8 Å². The summed E-state index contributed by atoms with van der Waals surface area (Å²) in [6, 6.07) is 17.0. The second kappa shape index (κ2) is 6.91. The van der Waals surface area contributed by atoms with Gasteiger partial charge in [0.05, 0.1) is 17.7 Å². The summed E-state index contributed by atoms with van der Waals surface area (Å²) in [4.78, 5) is 26.4. The molecule has 1 fully saturated rings. The molecule has 1 heterocycles. The Morgan fingerprint density at radius 1 is 1.04 bits per heavy atom. The van der Waals surface area contributed by atoms with Crippen molar-refractivity contribution >= 4 is 17.4 Å². The average molecular weight is 337 g/mol. The molecular formula is C20H19NO4. The third kappa shape index (κ3) is 3.19. The summed E-state index contributed by atoms with van der Waals surface area (Å²) in [6.07, 6.45) is -0.791. The zero-order valence-electron chi connectivity index (χ0n) is 13.8. The number of aliphatic hydroxyl groups is 2. The Bertz CT molecular complexity index is 812. The maximum absolute atomic E-state index is 12.6. The molecule has 1 amide bonds. The summed E-state index contributed by atoms with van der Waals surface area (Å²) >= 11 is 0. The fourth-order valence-electron chi connectivity index (χ4n) is 3.09. The van der Waals surface area contributed by atoms with E-state index < -0.39 is 23.8 Å². The highest BCUT2D eigenvalue weighted by Crippen LogP contribution is 2.39. The topological polar surface area (TPSA) is 77.8 Å². The lowest BCUT2D eigenvalue weighted by molar-refractivity contribution is -0.140. The molecule has 1 aliphatic heterocycles. The fraction of sp³-hybridized carbons (Fsp3) is 0.200. The molecule has 0 aromatic heterocycles. The summed E-state index contributed by atoms with van der Waals surface area (Å²) in [7, 11) is 0. The molecule has 2 atom stereocenters. The maximum atomic E-state index is 12.6. The van der Waals surface area contributed by atoms with Gasteiger partial charge in [-0.05, 0) is 12.5 Å². The lowest BCUT2D eigenvalue weighted by atomic mass is 9.95. The van der Waals surface area contributed by atoms with Crippen molar-refractivity contribution in [3.63, 3.8) is 0 Å². The van der Waals surface area contributed by atoms with Gasteiger partial charge in [0.2, 0.25) is 0 Å². The van der Waals surface area contributed by atoms with Crippen molar-refractivity contribution in [3.05, 3.63) is 77.4 Å². The predicted octanol–water partition coefficient (Wildman–Crippen LogP) is 2.49. The van der Waals surface area contributed by atoms with Crippen molar-refractivity contribution in [2.24, 2.45) is 0 Å². The molecule has 1 saturated heterocycles. The third-order valence-corrected chi connectivity index (χ3v) is 4.16. The highest BCUT2D eigenvalue weighted by atomic mass is 16.3. The van der Waals surface area contributed by atoms with Gasteiger partial charge in [0.15, 0.2) is 0 Å². The van der Waals surface area contributed by atoms with E-state index in [1.807, 2.05) is 6.07 Å². The summed E-state index contributed by atoms with van der Waals surface area (Å²) in [5, 5.41) is 20.4. The first kappa shape index (κ1) is 16.9. The van der Waals surface area contributed by atoms with E-state index >= 15 is 0 Å². The second-order valence-corrected chi connectivity index (χ2v) is 6.08. The highest BCUT2D eigenvalue weighted by Gasteiger charge is 2.46. The quantitative estimate of drug-likeness (QED) is 0.510. The van der Waals surface area contributed by atoms with Crippen LogP contribution in [0, 0.1) is 0 Å². The lowest BCUT2D eigenvalue weighted by Gasteiger charge is -2.26. The summed E-state index contributed by atoms with van der Waals surface area (Å²) in [6.45, 7) is 1.56. The molecule has 3 rings (SSSR count). The first-order valence-corrected chi connectivity index (χ1v) is 8.07. The molecule has 0 radical (unpaired) electrons. The van der Waals surface area contributed by atoms with Gasteiger partial charge < -0.3 is 15.1 Å². The minimum Gasteiger partial charge on any atom is -0.507 e. The number of carbonyl (C=O) groups is 2. The average Bonchev–Trinajstić information content (AvgIpc) is 2.87. The SMILES string of the molecule is C[C@H](O)CN1C(=O)C(=O)C(=C(O)c2ccccc2)[C@@H]1c1ccccc1. The molecule has 0 aliphatic carbocycles. The number of benzene rings is 2. The van der Waals surface area contributed by atoms with E-state index in [0.29, 0.717) is 11.1 Å². The number of ketones is 1. The van der Waals surface area contributed by atoms with Gasteiger partial charge in [0.1, 0.15) is 5.76 Å². The number of hydrogen-bond donors (Lipinski definition) is 2. The number of rotatable bonds is 4. The largest absolute Gasteiger partial charge is 0.507 e. The van der Waals surface area contributed by atoms with Crippen molar-refractivity contribution in [2.75, 3.05) is 6.54 Å². The lowest BCUT2D eigenvalue weighted by Crippen LogP contribution is -2.35. The molecule has 1 aliphatic rings. The van der Waals surface area contributed by atoms with Crippen molar-refractivity contribution in [1.82, 2.24) is 4.90 Å². The van der Waals surface area contributed by atoms with Gasteiger partial charge in [-0.3, -0.25) is 9.59 Å². The Balaban J connectivity index is 2.18. The van der Waals surface area contributed by atoms with E-state index in [1.165, 1.54) is 4.90 Å². The Kier molecular flexibility index (Phi) is 4.67. The highest BCUT2D eigenvalue weighted by molar-refractivity contribution is 6.46. The number of hydrogen-bond acceptors (Lipinski definition) is 4. The van der Waals surface area contributed by atoms with Crippen LogP contribution in [0.2, 0.25) is 0 Å². The Morgan fingerprint density at radius 3 is 2.16 bits per heavy atom. The van der Waals surface area contributed by atoms with Gasteiger partial charge >= 0.3 is 0 Å². The number of amides is 1. The first-order chi connectivity index (χ1) is 12.0. The number of carbonyl (C=O) groups excluding carboxylic acids is 2. The molecule has 5 heteroatoms. The second-order valence-electron chi connectivity index (χ2n) is 6.08. The molecule has 2 N–H and O–H groups in total. The molecule has 0 bridgehead atoms. The minimum absolute atomic E-state index is 0.00963. The predicted molar refractivity (Wildman–Crippen MR) is 93.6 cm³/mol. The molecule has 25 heavy (non-hydrogen) atoms. The number of aliphatic hydroxyl groups excluding tert-OH is 2. The molecular weight excluding hydrogens is 318 g/mol. The van der Waals surface area contributed by atoms with Crippen LogP contribution in [-0.2, 0) is 9.59 Å². The van der Waals surface area contributed by atoms with Gasteiger partial charge in [-0.15, -0.1) is 0 Å². The van der Waals surface area contributed by atoms with E-state index in [1.54, 1.807) is 61.5 Å². The number of nitrogens with zero attached hydrogens (tertiary/aromatic N) is 1. The van der Waals surface area contributed by atoms with Crippen LogP contribution in [0.15, 0.2) is 66.2 Å². The smallest absolute Gasteiger partial charge is 0.295 e. The van der Waals surface area contributed by atoms with Crippen molar-refractivity contribution < 1.29 is 19.8 Å². The van der Waals surface area contributed by atoms with E-state index in [-0.39, 0.29) is 17.9 Å². The van der Waals surface area contributed by atoms with Crippen LogP contribution < -0.4 is 0 Å². The number of β-amino-alcohol motifs (C(OH)–C–C–N with tert-alkyl or cyclic N) is 1. The van der Waals surface area contributed by atoms with Gasteiger partial charge in [0.25, 0.3) is 11.7 Å². The number of Topliss-reactive ketones (excluding diaryl/α,β-unsaturated/α-hetero) is 1. The zero-order valence-corrected chi connectivity index (χ0v) is 13.8. The van der Waals surface area contributed by atoms with Crippen LogP contribution in [0.1, 0.15) is 24.1 Å². The molecule has 0 saturated carbocycles. The van der Waals surface area contributed by atoms with E-state index in [2.05, 4.69) is 0 Å². The molecule has 5 nitrogen and oxygen atoms in total. The van der Waals surface area contributed by atoms with Gasteiger partial charge in [-0.2, -0.15) is 0 Å². The summed E-state index contributed by atoms with van der Waals surface area (Å²) in [5.74, 6) is -1.66. The normalized spacial score (nSPS) is 20.7. The number of likely N-dealkylation sites (tertiary alicyclic amines) is 1. The van der Waals surface area contributed by atoms with Crippen LogP contribution in [0.3, 0.4) is 0 Å². The Morgan fingerprint density at radius 2 is 1.60 bits per heavy atom. The van der Waals surface area contributed by atoms with Crippen LogP contribution in [0.25, 0.3) is 5.76 Å². The van der Waals surface area contributed by atoms with Crippen LogP contribution >= 0.6 is 0 Å². The summed E-state index contributed by atoms with van der Waals surface area (Å²) in [5.41, 5.74) is 1.22. The first-order valence-electron chi connectivity index (χ1n) is 8.07. The molecule has 2 aromatic carbocycles. The maximum Gasteiger partial charge on any atom is 0.295 e. The van der Waals surface area contributed by atoms with Gasteiger partial charge in [-0.1, -0.05) is 60.7 Å². The molecule has 0 unspecified atom stereocenters. The standard InChI is InChI=1S/C20H19NO4/c1-13(22)12-21-17(14-8-4-2-5-9-14)16(19(24)20(21)25)18(23)15-10-6-3-7-11-15/h2-11,13,17,22-23H,12H2,1H3/t13-,17-/m0/s1. The minimum atomic E-state index is -0.791. The van der Waals surface area contributed by atoms with Crippen LogP contribution in [-0.4, -0.2) is 39.5 Å². The molecule has 0 spiro atoms. The molecule has 128 valence electrons. The van der Waals surface area contributed by atoms with E-state index in [0.717, 1.165) is 0 Å². The van der Waals surface area contributed by atoms with Gasteiger partial charge in [-0.25, -0.2) is 0 Å². The fourth-order valence-corrected chi connectivity index (χ4v) is 3.09. The Hall–Kier alpha value is -2.92. The zero-order chi connectivity index (χ0) is 18.0. The monoisotopic (exact) mass is 337 g/mol. The van der Waals surface area contributed by atoms with Crippen molar-refractivity contribution in [2.45, 2.75) is 19.1 Å². The van der Waals surface area contributed by atoms with Gasteiger partial charge in [0, 0.05) is 12.1 Å². The van der Waals surface area contributed by atoms with Crippen molar-refractivity contribution in [1.29, 1.82) is 0 Å². The van der Waals surface area contributed by atoms with Crippen LogP contribution in [0.4, 0.5) is 0 Å². The third-order valence-electron chi connectivity index (χ3n) is 4.16. The van der Waals surface area contributed by atoms with Crippen molar-refractivity contribution in [3.8, 4) is 0 Å². The van der Waals surface area contributed by atoms with E-state index in [4.69, 9.17) is 0 Å².